The lowest BCUT2D eigenvalue weighted by atomic mass is 9.98. The third kappa shape index (κ3) is 6.80. The van der Waals surface area contributed by atoms with E-state index in [9.17, 15) is 9.18 Å². The van der Waals surface area contributed by atoms with E-state index in [1.807, 2.05) is 36.4 Å². The molecule has 1 amide bonds. The number of hydrogen-bond donors (Lipinski definition) is 2. The quantitative estimate of drug-likeness (QED) is 0.227. The summed E-state index contributed by atoms with van der Waals surface area (Å²) < 4.78 is 14.6. The van der Waals surface area contributed by atoms with Crippen LogP contribution in [0.2, 0.25) is 0 Å². The molecule has 0 aliphatic carbocycles. The zero-order valence-corrected chi connectivity index (χ0v) is 23.0. The van der Waals surface area contributed by atoms with Crippen LogP contribution in [0.5, 0.6) is 0 Å². The number of amides is 1. The van der Waals surface area contributed by atoms with Crippen LogP contribution in [0.15, 0.2) is 67.3 Å². The molecule has 6 heteroatoms. The number of hydrogen-bond acceptors (Lipinski definition) is 4. The van der Waals surface area contributed by atoms with Gasteiger partial charge in [-0.3, -0.25) is 15.0 Å². The second-order valence-corrected chi connectivity index (χ2v) is 10.5. The molecule has 5 nitrogen and oxygen atoms in total. The molecule has 1 aliphatic heterocycles. The number of carbonyl (C=O) groups excluding carboxylic acids is 1. The first-order chi connectivity index (χ1) is 18.4. The van der Waals surface area contributed by atoms with Crippen LogP contribution < -0.4 is 15.5 Å². The number of nitrogens with one attached hydrogen (secondary N) is 2. The van der Waals surface area contributed by atoms with Crippen LogP contribution in [0, 0.1) is 11.7 Å². The number of halogens is 1. The minimum atomic E-state index is -0.386. The summed E-state index contributed by atoms with van der Waals surface area (Å²) >= 11 is 0. The molecule has 1 fully saturated rings. The Morgan fingerprint density at radius 3 is 2.61 bits per heavy atom. The van der Waals surface area contributed by atoms with E-state index in [-0.39, 0.29) is 17.9 Å². The van der Waals surface area contributed by atoms with Crippen molar-refractivity contribution in [1.29, 1.82) is 0 Å². The van der Waals surface area contributed by atoms with Crippen molar-refractivity contribution in [3.8, 4) is 0 Å². The number of benzene rings is 3. The monoisotopic (exact) mass is 516 g/mol. The fourth-order valence-electron chi connectivity index (χ4n) is 5.25. The van der Waals surface area contributed by atoms with Crippen molar-refractivity contribution >= 4 is 28.1 Å². The highest BCUT2D eigenvalue weighted by molar-refractivity contribution is 6.10. The fraction of sp³-hybridized carbons (Fsp3) is 0.406. The lowest BCUT2D eigenvalue weighted by molar-refractivity contribution is 0.102. The molecule has 1 unspecified atom stereocenters. The van der Waals surface area contributed by atoms with Crippen molar-refractivity contribution in [3.05, 3.63) is 84.2 Å². The highest BCUT2D eigenvalue weighted by Gasteiger charge is 2.19. The first-order valence-electron chi connectivity index (χ1n) is 13.8. The van der Waals surface area contributed by atoms with Gasteiger partial charge in [0.05, 0.1) is 6.17 Å². The predicted molar refractivity (Wildman–Crippen MR) is 158 cm³/mol. The smallest absolute Gasteiger partial charge is 0.255 e. The molecule has 0 aromatic heterocycles. The average molecular weight is 517 g/mol. The van der Waals surface area contributed by atoms with Gasteiger partial charge < -0.3 is 10.2 Å². The Bertz CT molecular complexity index is 1250. The number of nitrogens with zero attached hydrogens (tertiary/aromatic N) is 2. The highest BCUT2D eigenvalue weighted by atomic mass is 19.1. The van der Waals surface area contributed by atoms with Crippen molar-refractivity contribution in [1.82, 2.24) is 10.2 Å². The average Bonchev–Trinajstić information content (AvgIpc) is 2.93. The number of carbonyl (C=O) groups is 1. The summed E-state index contributed by atoms with van der Waals surface area (Å²) in [5.74, 6) is -0.00360. The molecule has 1 aliphatic rings. The molecule has 1 atom stereocenters. The van der Waals surface area contributed by atoms with Crippen LogP contribution in [-0.4, -0.2) is 50.2 Å². The van der Waals surface area contributed by atoms with Gasteiger partial charge in [0, 0.05) is 42.0 Å². The SMILES string of the molecule is C=CCNC(CCc1ccc(NC(=O)c2cc(F)cc(N3CCC(C)CC3)c2)c2ccccc12)N(C)CC. The van der Waals surface area contributed by atoms with E-state index in [1.54, 1.807) is 0 Å². The Kier molecular flexibility index (Phi) is 9.53. The third-order valence-corrected chi connectivity index (χ3v) is 7.77. The molecule has 0 radical (unpaired) electrons. The number of piperidine rings is 1. The minimum absolute atomic E-state index is 0.251. The summed E-state index contributed by atoms with van der Waals surface area (Å²) in [5, 5.41) is 8.71. The van der Waals surface area contributed by atoms with Crippen molar-refractivity contribution < 1.29 is 9.18 Å². The van der Waals surface area contributed by atoms with Gasteiger partial charge in [0.2, 0.25) is 0 Å². The van der Waals surface area contributed by atoms with Crippen molar-refractivity contribution in [2.45, 2.75) is 45.7 Å². The molecule has 4 rings (SSSR count). The predicted octanol–water partition coefficient (Wildman–Crippen LogP) is 6.45. The molecular formula is C32H41FN4O. The Hall–Kier alpha value is -3.22. The Labute approximate surface area is 226 Å². The lowest BCUT2D eigenvalue weighted by Gasteiger charge is -2.32. The topological polar surface area (TPSA) is 47.6 Å². The van der Waals surface area contributed by atoms with Gasteiger partial charge in [0.15, 0.2) is 0 Å². The summed E-state index contributed by atoms with van der Waals surface area (Å²) in [7, 11) is 2.13. The lowest BCUT2D eigenvalue weighted by Crippen LogP contribution is -2.43. The van der Waals surface area contributed by atoms with E-state index in [2.05, 4.69) is 60.0 Å². The molecular weight excluding hydrogens is 475 g/mol. The van der Waals surface area contributed by atoms with Gasteiger partial charge in [-0.1, -0.05) is 50.3 Å². The molecule has 1 heterocycles. The third-order valence-electron chi connectivity index (χ3n) is 7.77. The maximum Gasteiger partial charge on any atom is 0.255 e. The summed E-state index contributed by atoms with van der Waals surface area (Å²) in [6, 6.07) is 16.9. The standard InChI is InChI=1S/C32H41FN4O/c1-5-17-34-31(36(4)6-2)14-12-24-11-13-30(29-10-8-7-9-28(24)29)35-32(38)25-20-26(33)22-27(21-25)37-18-15-23(3)16-19-37/h5,7-11,13,20-23,31,34H,1,6,12,14-19H2,2-4H3,(H,35,38). The molecule has 3 aromatic rings. The maximum atomic E-state index is 14.6. The largest absolute Gasteiger partial charge is 0.371 e. The van der Waals surface area contributed by atoms with Crippen LogP contribution >= 0.6 is 0 Å². The Morgan fingerprint density at radius 2 is 1.89 bits per heavy atom. The van der Waals surface area contributed by atoms with Crippen LogP contribution in [0.4, 0.5) is 15.8 Å². The van der Waals surface area contributed by atoms with Gasteiger partial charge in [-0.2, -0.15) is 0 Å². The van der Waals surface area contributed by atoms with Crippen molar-refractivity contribution in [3.63, 3.8) is 0 Å². The zero-order chi connectivity index (χ0) is 27.1. The normalized spacial score (nSPS) is 15.1. The van der Waals surface area contributed by atoms with E-state index in [0.717, 1.165) is 74.0 Å². The molecule has 202 valence electrons. The number of anilines is 2. The number of fused-ring (bicyclic) bond motifs is 1. The van der Waals surface area contributed by atoms with Crippen LogP contribution in [0.1, 0.15) is 49.0 Å². The van der Waals surface area contributed by atoms with Crippen LogP contribution in [0.3, 0.4) is 0 Å². The van der Waals surface area contributed by atoms with E-state index in [4.69, 9.17) is 0 Å². The van der Waals surface area contributed by atoms with E-state index >= 15 is 0 Å². The first kappa shape index (κ1) is 27.8. The summed E-state index contributed by atoms with van der Waals surface area (Å²) in [5.41, 5.74) is 3.09. The van der Waals surface area contributed by atoms with E-state index < -0.39 is 0 Å². The van der Waals surface area contributed by atoms with E-state index in [0.29, 0.717) is 11.5 Å². The van der Waals surface area contributed by atoms with Crippen LogP contribution in [-0.2, 0) is 6.42 Å². The molecule has 38 heavy (non-hydrogen) atoms. The molecule has 2 N–H and O–H groups in total. The second kappa shape index (κ2) is 13.0. The molecule has 0 saturated carbocycles. The Balaban J connectivity index is 1.53. The summed E-state index contributed by atoms with van der Waals surface area (Å²) in [6.45, 7) is 11.7. The summed E-state index contributed by atoms with van der Waals surface area (Å²) in [4.78, 5) is 17.8. The molecule has 0 bridgehead atoms. The van der Waals surface area contributed by atoms with Gasteiger partial charge in [0.25, 0.3) is 5.91 Å². The molecule has 1 saturated heterocycles. The molecule has 3 aromatic carbocycles. The second-order valence-electron chi connectivity index (χ2n) is 10.5. The van der Waals surface area contributed by atoms with Gasteiger partial charge >= 0.3 is 0 Å². The summed E-state index contributed by atoms with van der Waals surface area (Å²) in [6.07, 6.45) is 6.15. The van der Waals surface area contributed by atoms with Crippen LogP contribution in [0.25, 0.3) is 10.8 Å². The van der Waals surface area contributed by atoms with Gasteiger partial charge in [0.1, 0.15) is 5.82 Å². The highest BCUT2D eigenvalue weighted by Crippen LogP contribution is 2.29. The number of rotatable bonds is 11. The Morgan fingerprint density at radius 1 is 1.16 bits per heavy atom. The zero-order valence-electron chi connectivity index (χ0n) is 23.0. The van der Waals surface area contributed by atoms with Gasteiger partial charge in [-0.05, 0) is 80.4 Å². The molecule has 0 spiro atoms. The maximum absolute atomic E-state index is 14.6. The van der Waals surface area contributed by atoms with E-state index in [1.165, 1.54) is 17.7 Å². The fourth-order valence-corrected chi connectivity index (χ4v) is 5.25. The first-order valence-corrected chi connectivity index (χ1v) is 13.8. The van der Waals surface area contributed by atoms with Gasteiger partial charge in [-0.15, -0.1) is 6.58 Å². The minimum Gasteiger partial charge on any atom is -0.371 e. The van der Waals surface area contributed by atoms with Gasteiger partial charge in [-0.25, -0.2) is 4.39 Å². The van der Waals surface area contributed by atoms with Crippen molar-refractivity contribution in [2.24, 2.45) is 5.92 Å². The number of aryl methyl sites for hydroxylation is 1. The van der Waals surface area contributed by atoms with Crippen molar-refractivity contribution in [2.75, 3.05) is 43.4 Å².